The summed E-state index contributed by atoms with van der Waals surface area (Å²) in [5.41, 5.74) is 12.2. The molecule has 0 bridgehead atoms. The Bertz CT molecular complexity index is 585. The maximum Gasteiger partial charge on any atom is 0.224 e. The van der Waals surface area contributed by atoms with Crippen molar-refractivity contribution in [3.8, 4) is 0 Å². The van der Waals surface area contributed by atoms with E-state index in [0.29, 0.717) is 17.8 Å². The Morgan fingerprint density at radius 2 is 2.28 bits per heavy atom. The van der Waals surface area contributed by atoms with Crippen LogP contribution in [0.25, 0.3) is 11.2 Å². The summed E-state index contributed by atoms with van der Waals surface area (Å²) in [5, 5.41) is 9.20. The minimum Gasteiger partial charge on any atom is -0.393 e. The van der Waals surface area contributed by atoms with Crippen molar-refractivity contribution >= 4 is 22.9 Å². The molecule has 0 aliphatic carbocycles. The van der Waals surface area contributed by atoms with Gasteiger partial charge in [-0.3, -0.25) is 0 Å². The highest BCUT2D eigenvalue weighted by Crippen LogP contribution is 2.27. The summed E-state index contributed by atoms with van der Waals surface area (Å²) in [6.45, 7) is 0.126. The molecule has 3 rings (SSSR count). The Hall–Kier alpha value is -1.97. The van der Waals surface area contributed by atoms with E-state index in [0.717, 1.165) is 0 Å². The monoisotopic (exact) mass is 252 g/mol. The summed E-state index contributed by atoms with van der Waals surface area (Å²) in [7, 11) is 0. The van der Waals surface area contributed by atoms with E-state index in [9.17, 15) is 5.11 Å². The molecule has 96 valence electrons. The van der Waals surface area contributed by atoms with Crippen LogP contribution in [0.3, 0.4) is 0 Å². The maximum atomic E-state index is 9.20. The van der Waals surface area contributed by atoms with Crippen molar-refractivity contribution in [2.75, 3.05) is 24.7 Å². The SMILES string of the molecule is Nc1nc(N)c2ncn(C3COOC3CO)c2n1. The molecule has 1 saturated heterocycles. The topological polar surface area (TPSA) is 134 Å². The molecule has 9 heteroatoms. The van der Waals surface area contributed by atoms with Crippen LogP contribution in [-0.4, -0.2) is 43.9 Å². The molecule has 1 fully saturated rings. The van der Waals surface area contributed by atoms with Gasteiger partial charge >= 0.3 is 0 Å². The normalized spacial score (nSPS) is 23.8. The van der Waals surface area contributed by atoms with Gasteiger partial charge in [-0.15, -0.1) is 0 Å². The van der Waals surface area contributed by atoms with Crippen molar-refractivity contribution in [2.45, 2.75) is 12.1 Å². The molecule has 5 N–H and O–H groups in total. The highest BCUT2D eigenvalue weighted by molar-refractivity contribution is 5.82. The number of nitrogens with zero attached hydrogens (tertiary/aromatic N) is 4. The molecular formula is C9H12N6O3. The number of hydrogen-bond acceptors (Lipinski definition) is 8. The molecule has 0 amide bonds. The molecule has 2 aromatic heterocycles. The molecule has 1 aliphatic heterocycles. The quantitative estimate of drug-likeness (QED) is 0.570. The van der Waals surface area contributed by atoms with Gasteiger partial charge in [0.1, 0.15) is 18.2 Å². The van der Waals surface area contributed by atoms with Crippen molar-refractivity contribution < 1.29 is 14.9 Å². The number of aliphatic hydroxyl groups is 1. The first kappa shape index (κ1) is 11.1. The average Bonchev–Trinajstić information content (AvgIpc) is 2.93. The van der Waals surface area contributed by atoms with Crippen molar-refractivity contribution in [3.63, 3.8) is 0 Å². The van der Waals surface area contributed by atoms with Gasteiger partial charge in [-0.1, -0.05) is 0 Å². The van der Waals surface area contributed by atoms with Gasteiger partial charge in [-0.2, -0.15) is 9.97 Å². The van der Waals surface area contributed by atoms with Gasteiger partial charge in [-0.25, -0.2) is 14.8 Å². The second-order valence-corrected chi connectivity index (χ2v) is 3.96. The van der Waals surface area contributed by atoms with Crippen LogP contribution >= 0.6 is 0 Å². The number of nitrogens with two attached hydrogens (primary N) is 2. The highest BCUT2D eigenvalue weighted by atomic mass is 17.2. The first-order valence-corrected chi connectivity index (χ1v) is 5.35. The van der Waals surface area contributed by atoms with E-state index in [1.54, 1.807) is 10.9 Å². The summed E-state index contributed by atoms with van der Waals surface area (Å²) >= 11 is 0. The van der Waals surface area contributed by atoms with Crippen molar-refractivity contribution in [1.82, 2.24) is 19.5 Å². The molecule has 3 heterocycles. The smallest absolute Gasteiger partial charge is 0.224 e. The summed E-state index contributed by atoms with van der Waals surface area (Å²) in [5.74, 6) is 0.291. The molecule has 0 radical (unpaired) electrons. The van der Waals surface area contributed by atoms with Crippen LogP contribution < -0.4 is 11.5 Å². The highest BCUT2D eigenvalue weighted by Gasteiger charge is 2.32. The Labute approximate surface area is 101 Å². The lowest BCUT2D eigenvalue weighted by atomic mass is 10.2. The Morgan fingerprint density at radius 1 is 1.44 bits per heavy atom. The van der Waals surface area contributed by atoms with E-state index >= 15 is 0 Å². The van der Waals surface area contributed by atoms with Crippen molar-refractivity contribution in [2.24, 2.45) is 0 Å². The van der Waals surface area contributed by atoms with Gasteiger partial charge in [0.15, 0.2) is 11.5 Å². The number of aliphatic hydroxyl groups excluding tert-OH is 1. The van der Waals surface area contributed by atoms with Crippen LogP contribution in [0.5, 0.6) is 0 Å². The zero-order valence-electron chi connectivity index (χ0n) is 9.35. The molecule has 9 nitrogen and oxygen atoms in total. The minimum absolute atomic E-state index is 0.0714. The number of aromatic nitrogens is 4. The van der Waals surface area contributed by atoms with Gasteiger partial charge < -0.3 is 21.1 Å². The fourth-order valence-electron chi connectivity index (χ4n) is 1.98. The number of fused-ring (bicyclic) bond motifs is 1. The fraction of sp³-hybridized carbons (Fsp3) is 0.444. The molecule has 2 unspecified atom stereocenters. The lowest BCUT2D eigenvalue weighted by molar-refractivity contribution is -0.279. The summed E-state index contributed by atoms with van der Waals surface area (Å²) in [6, 6.07) is -0.228. The fourth-order valence-corrected chi connectivity index (χ4v) is 1.98. The Morgan fingerprint density at radius 3 is 3.06 bits per heavy atom. The first-order valence-electron chi connectivity index (χ1n) is 5.35. The minimum atomic E-state index is -0.472. The number of imidazole rings is 1. The Kier molecular flexibility index (Phi) is 2.51. The number of hydrogen-bond donors (Lipinski definition) is 3. The van der Waals surface area contributed by atoms with E-state index in [2.05, 4.69) is 15.0 Å². The van der Waals surface area contributed by atoms with Gasteiger partial charge in [0.25, 0.3) is 0 Å². The molecule has 0 spiro atoms. The van der Waals surface area contributed by atoms with Crippen LogP contribution in [0.1, 0.15) is 6.04 Å². The summed E-state index contributed by atoms with van der Waals surface area (Å²) in [6.07, 6.45) is 1.08. The van der Waals surface area contributed by atoms with Gasteiger partial charge in [0.05, 0.1) is 19.0 Å². The molecule has 0 saturated carbocycles. The summed E-state index contributed by atoms with van der Waals surface area (Å²) < 4.78 is 1.72. The second kappa shape index (κ2) is 4.05. The zero-order valence-corrected chi connectivity index (χ0v) is 9.35. The molecule has 2 aromatic rings. The molecule has 18 heavy (non-hydrogen) atoms. The van der Waals surface area contributed by atoms with Crippen LogP contribution in [0.15, 0.2) is 6.33 Å². The molecule has 2 atom stereocenters. The largest absolute Gasteiger partial charge is 0.393 e. The summed E-state index contributed by atoms with van der Waals surface area (Å²) in [4.78, 5) is 21.9. The van der Waals surface area contributed by atoms with Gasteiger partial charge in [0.2, 0.25) is 5.95 Å². The van der Waals surface area contributed by atoms with E-state index in [-0.39, 0.29) is 24.4 Å². The second-order valence-electron chi connectivity index (χ2n) is 3.96. The van der Waals surface area contributed by atoms with E-state index < -0.39 is 6.10 Å². The third kappa shape index (κ3) is 1.56. The standard InChI is InChI=1S/C9H12N6O3/c10-7-6-8(14-9(11)13-7)15(3-12-6)4-2-17-18-5(4)1-16/h3-5,16H,1-2H2,(H4,10,11,13,14). The van der Waals surface area contributed by atoms with Gasteiger partial charge in [0, 0.05) is 0 Å². The van der Waals surface area contributed by atoms with Crippen LogP contribution in [0.2, 0.25) is 0 Å². The van der Waals surface area contributed by atoms with Crippen LogP contribution in [0, 0.1) is 0 Å². The predicted molar refractivity (Wildman–Crippen MR) is 61.1 cm³/mol. The van der Waals surface area contributed by atoms with E-state index in [1.165, 1.54) is 0 Å². The third-order valence-electron chi connectivity index (χ3n) is 2.86. The predicted octanol–water partition coefficient (Wildman–Crippen LogP) is -1.15. The molecule has 0 aromatic carbocycles. The maximum absolute atomic E-state index is 9.20. The van der Waals surface area contributed by atoms with Crippen LogP contribution in [-0.2, 0) is 9.78 Å². The van der Waals surface area contributed by atoms with E-state index in [1.807, 2.05) is 0 Å². The number of anilines is 2. The Balaban J connectivity index is 2.12. The number of nitrogen functional groups attached to an aromatic ring is 2. The molecule has 1 aliphatic rings. The zero-order chi connectivity index (χ0) is 12.7. The molecular weight excluding hydrogens is 240 g/mol. The first-order chi connectivity index (χ1) is 8.70. The van der Waals surface area contributed by atoms with E-state index in [4.69, 9.17) is 21.2 Å². The number of rotatable bonds is 2. The lowest BCUT2D eigenvalue weighted by Gasteiger charge is -2.15. The van der Waals surface area contributed by atoms with Gasteiger partial charge in [-0.05, 0) is 0 Å². The van der Waals surface area contributed by atoms with Crippen LogP contribution in [0.4, 0.5) is 11.8 Å². The average molecular weight is 252 g/mol. The lowest BCUT2D eigenvalue weighted by Crippen LogP contribution is -2.25. The van der Waals surface area contributed by atoms with Crippen molar-refractivity contribution in [3.05, 3.63) is 6.33 Å². The third-order valence-corrected chi connectivity index (χ3v) is 2.86. The van der Waals surface area contributed by atoms with Crippen molar-refractivity contribution in [1.29, 1.82) is 0 Å².